The Bertz CT molecular complexity index is 530. The molecule has 0 atom stereocenters. The number of hydrogen-bond donors (Lipinski definition) is 0. The van der Waals surface area contributed by atoms with Crippen molar-refractivity contribution in [2.45, 2.75) is 56.0 Å². The van der Waals surface area contributed by atoms with E-state index in [0.29, 0.717) is 6.04 Å². The van der Waals surface area contributed by atoms with Gasteiger partial charge in [-0.1, -0.05) is 31.0 Å². The van der Waals surface area contributed by atoms with Gasteiger partial charge >= 0.3 is 0 Å². The van der Waals surface area contributed by atoms with E-state index >= 15 is 0 Å². The molecule has 19 heavy (non-hydrogen) atoms. The number of hydrogen-bond acceptors (Lipinski definition) is 6. The van der Waals surface area contributed by atoms with E-state index in [2.05, 4.69) is 25.9 Å². The third kappa shape index (κ3) is 3.14. The van der Waals surface area contributed by atoms with Crippen molar-refractivity contribution < 1.29 is 0 Å². The Hall–Kier alpha value is -0.950. The lowest BCUT2D eigenvalue weighted by molar-refractivity contribution is 0.307. The van der Waals surface area contributed by atoms with E-state index in [0.717, 1.165) is 21.6 Å². The summed E-state index contributed by atoms with van der Waals surface area (Å²) in [6.07, 6.45) is 6.34. The lowest BCUT2D eigenvalue weighted by Crippen LogP contribution is -2.15. The summed E-state index contributed by atoms with van der Waals surface area (Å²) in [5, 5.41) is 16.3. The van der Waals surface area contributed by atoms with Crippen molar-refractivity contribution in [2.24, 2.45) is 0 Å². The first-order valence-corrected chi connectivity index (χ1v) is 8.51. The average molecular weight is 295 g/mol. The molecule has 0 aliphatic heterocycles. The van der Waals surface area contributed by atoms with Crippen LogP contribution < -0.4 is 0 Å². The van der Waals surface area contributed by atoms with Crippen LogP contribution in [0, 0.1) is 6.92 Å². The molecule has 0 aromatic carbocycles. The van der Waals surface area contributed by atoms with E-state index in [1.807, 2.05) is 11.6 Å². The molecule has 2 aromatic heterocycles. The molecule has 1 fully saturated rings. The van der Waals surface area contributed by atoms with Crippen molar-refractivity contribution in [2.75, 3.05) is 0 Å². The summed E-state index contributed by atoms with van der Waals surface area (Å²) >= 11 is 3.38. The highest BCUT2D eigenvalue weighted by molar-refractivity contribution is 7.98. The van der Waals surface area contributed by atoms with Gasteiger partial charge in [0.05, 0.1) is 16.7 Å². The third-order valence-corrected chi connectivity index (χ3v) is 5.19. The Morgan fingerprint density at radius 3 is 2.95 bits per heavy atom. The van der Waals surface area contributed by atoms with Crippen molar-refractivity contribution in [3.63, 3.8) is 0 Å². The molecule has 1 saturated carbocycles. The molecular weight excluding hydrogens is 278 g/mol. The van der Waals surface area contributed by atoms with Crippen molar-refractivity contribution in [1.29, 1.82) is 0 Å². The number of tetrazole rings is 1. The van der Waals surface area contributed by atoms with Gasteiger partial charge in [0.15, 0.2) is 0 Å². The molecule has 0 unspecified atom stereocenters. The molecule has 0 radical (unpaired) electrons. The van der Waals surface area contributed by atoms with E-state index in [-0.39, 0.29) is 0 Å². The molecular formula is C12H17N5S2. The minimum atomic E-state index is 0.489. The number of thioether (sulfide) groups is 1. The number of aromatic nitrogens is 5. The normalized spacial score (nSPS) is 16.9. The monoisotopic (exact) mass is 295 g/mol. The molecule has 0 saturated heterocycles. The highest BCUT2D eigenvalue weighted by atomic mass is 32.2. The molecule has 2 aromatic rings. The molecule has 0 amide bonds. The molecule has 0 spiro atoms. The summed E-state index contributed by atoms with van der Waals surface area (Å²) in [5.74, 6) is 0.845. The summed E-state index contributed by atoms with van der Waals surface area (Å²) in [6, 6.07) is 0.489. The molecule has 7 heteroatoms. The third-order valence-electron chi connectivity index (χ3n) is 3.40. The molecule has 1 aliphatic rings. The molecule has 1 aliphatic carbocycles. The zero-order chi connectivity index (χ0) is 13.1. The SMILES string of the molecule is Cc1nc(CSc2nnnn2C2CCCCC2)cs1. The minimum absolute atomic E-state index is 0.489. The van der Waals surface area contributed by atoms with Crippen LogP contribution in [0.5, 0.6) is 0 Å². The second-order valence-corrected chi connectivity index (χ2v) is 6.85. The smallest absolute Gasteiger partial charge is 0.209 e. The molecule has 102 valence electrons. The first-order valence-electron chi connectivity index (χ1n) is 6.64. The maximum atomic E-state index is 4.47. The number of aryl methyl sites for hydroxylation is 1. The van der Waals surface area contributed by atoms with E-state index in [1.165, 1.54) is 32.1 Å². The predicted octanol–water partition coefficient (Wildman–Crippen LogP) is 3.24. The highest BCUT2D eigenvalue weighted by Gasteiger charge is 2.20. The fourth-order valence-electron chi connectivity index (χ4n) is 2.45. The summed E-state index contributed by atoms with van der Waals surface area (Å²) in [4.78, 5) is 4.47. The summed E-state index contributed by atoms with van der Waals surface area (Å²) in [5.41, 5.74) is 1.12. The zero-order valence-electron chi connectivity index (χ0n) is 10.9. The van der Waals surface area contributed by atoms with Crippen LogP contribution in [0.15, 0.2) is 10.5 Å². The largest absolute Gasteiger partial charge is 0.246 e. The van der Waals surface area contributed by atoms with Gasteiger partial charge in [-0.15, -0.1) is 16.4 Å². The number of rotatable bonds is 4. The Morgan fingerprint density at radius 2 is 2.21 bits per heavy atom. The van der Waals surface area contributed by atoms with Gasteiger partial charge in [0.2, 0.25) is 5.16 Å². The van der Waals surface area contributed by atoms with Crippen molar-refractivity contribution in [3.8, 4) is 0 Å². The standard InChI is InChI=1S/C12H17N5S2/c1-9-13-10(7-18-9)8-19-12-14-15-16-17(12)11-5-3-2-4-6-11/h7,11H,2-6,8H2,1H3. The summed E-state index contributed by atoms with van der Waals surface area (Å²) in [6.45, 7) is 2.03. The highest BCUT2D eigenvalue weighted by Crippen LogP contribution is 2.31. The number of nitrogens with zero attached hydrogens (tertiary/aromatic N) is 5. The predicted molar refractivity (Wildman–Crippen MR) is 76.4 cm³/mol. The molecule has 0 N–H and O–H groups in total. The fourth-order valence-corrected chi connectivity index (χ4v) is 4.00. The van der Waals surface area contributed by atoms with Crippen LogP contribution in [0.3, 0.4) is 0 Å². The maximum absolute atomic E-state index is 4.47. The van der Waals surface area contributed by atoms with Gasteiger partial charge in [-0.3, -0.25) is 0 Å². The fraction of sp³-hybridized carbons (Fsp3) is 0.667. The van der Waals surface area contributed by atoms with Gasteiger partial charge in [0.25, 0.3) is 0 Å². The van der Waals surface area contributed by atoms with Crippen molar-refractivity contribution >= 4 is 23.1 Å². The zero-order valence-corrected chi connectivity index (χ0v) is 12.6. The van der Waals surface area contributed by atoms with Crippen LogP contribution in [0.4, 0.5) is 0 Å². The van der Waals surface area contributed by atoms with Gasteiger partial charge in [0, 0.05) is 11.1 Å². The first kappa shape index (κ1) is 13.1. The van der Waals surface area contributed by atoms with Crippen LogP contribution in [-0.4, -0.2) is 25.2 Å². The Morgan fingerprint density at radius 1 is 1.37 bits per heavy atom. The number of thiazole rings is 1. The van der Waals surface area contributed by atoms with Crippen molar-refractivity contribution in [3.05, 3.63) is 16.1 Å². The van der Waals surface area contributed by atoms with Crippen LogP contribution in [0.2, 0.25) is 0 Å². The second-order valence-electron chi connectivity index (χ2n) is 4.84. The Kier molecular flexibility index (Phi) is 4.12. The van der Waals surface area contributed by atoms with Crippen LogP contribution in [0.1, 0.15) is 48.8 Å². The summed E-state index contributed by atoms with van der Waals surface area (Å²) in [7, 11) is 0. The Balaban J connectivity index is 1.66. The van der Waals surface area contributed by atoms with Crippen LogP contribution >= 0.6 is 23.1 Å². The van der Waals surface area contributed by atoms with Gasteiger partial charge in [-0.25, -0.2) is 9.67 Å². The van der Waals surface area contributed by atoms with E-state index < -0.39 is 0 Å². The van der Waals surface area contributed by atoms with E-state index in [4.69, 9.17) is 0 Å². The quantitative estimate of drug-likeness (QED) is 0.810. The lowest BCUT2D eigenvalue weighted by atomic mass is 9.96. The lowest BCUT2D eigenvalue weighted by Gasteiger charge is -2.21. The average Bonchev–Trinajstić information content (AvgIpc) is 3.06. The van der Waals surface area contributed by atoms with Crippen LogP contribution in [-0.2, 0) is 5.75 Å². The van der Waals surface area contributed by atoms with Crippen molar-refractivity contribution in [1.82, 2.24) is 25.2 Å². The maximum Gasteiger partial charge on any atom is 0.209 e. The molecule has 0 bridgehead atoms. The Labute approximate surface area is 120 Å². The van der Waals surface area contributed by atoms with Gasteiger partial charge in [-0.05, 0) is 30.2 Å². The summed E-state index contributed by atoms with van der Waals surface area (Å²) < 4.78 is 2.02. The topological polar surface area (TPSA) is 56.5 Å². The van der Waals surface area contributed by atoms with Crippen LogP contribution in [0.25, 0.3) is 0 Å². The van der Waals surface area contributed by atoms with Gasteiger partial charge in [-0.2, -0.15) is 0 Å². The van der Waals surface area contributed by atoms with Gasteiger partial charge < -0.3 is 0 Å². The second kappa shape index (κ2) is 6.00. The molecule has 3 rings (SSSR count). The molecule has 2 heterocycles. The van der Waals surface area contributed by atoms with E-state index in [9.17, 15) is 0 Å². The minimum Gasteiger partial charge on any atom is -0.246 e. The first-order chi connectivity index (χ1) is 9.33. The van der Waals surface area contributed by atoms with Gasteiger partial charge in [0.1, 0.15) is 0 Å². The molecule has 5 nitrogen and oxygen atoms in total. The van der Waals surface area contributed by atoms with E-state index in [1.54, 1.807) is 23.1 Å².